The Balaban J connectivity index is 2.27. The van der Waals surface area contributed by atoms with Gasteiger partial charge in [0.25, 0.3) is 0 Å². The first-order valence-electron chi connectivity index (χ1n) is 7.51. The molecule has 2 aromatic rings. The largest absolute Gasteiger partial charge is 0.494 e. The molecule has 3 nitrogen and oxygen atoms in total. The normalized spacial score (nSPS) is 11.1. The number of benzene rings is 1. The number of hydrogen-bond acceptors (Lipinski definition) is 4. The maximum absolute atomic E-state index is 5.72. The monoisotopic (exact) mass is 304 g/mol. The van der Waals surface area contributed by atoms with Crippen molar-refractivity contribution in [3.05, 3.63) is 34.2 Å². The van der Waals surface area contributed by atoms with Crippen LogP contribution in [0.2, 0.25) is 0 Å². The van der Waals surface area contributed by atoms with Crippen LogP contribution in [0.4, 0.5) is 0 Å². The Hall–Kier alpha value is -1.39. The lowest BCUT2D eigenvalue weighted by molar-refractivity contribution is 0.335. The lowest BCUT2D eigenvalue weighted by Crippen LogP contribution is -2.09. The SMILES string of the molecule is CCOc1ccc(-c2csc(CCNC)n2)cc1C(C)C. The molecule has 0 bridgehead atoms. The number of aromatic nitrogens is 1. The fraction of sp³-hybridized carbons (Fsp3) is 0.471. The summed E-state index contributed by atoms with van der Waals surface area (Å²) in [5.74, 6) is 1.43. The standard InChI is InChI=1S/C17H24N2OS/c1-5-20-16-7-6-13(10-14(16)12(2)3)15-11-21-17(19-15)8-9-18-4/h6-7,10-12,18H,5,8-9H2,1-4H3. The molecule has 0 aliphatic carbocycles. The van der Waals surface area contributed by atoms with E-state index in [4.69, 9.17) is 9.72 Å². The first-order chi connectivity index (χ1) is 10.2. The van der Waals surface area contributed by atoms with Crippen molar-refractivity contribution in [2.24, 2.45) is 0 Å². The molecule has 21 heavy (non-hydrogen) atoms. The van der Waals surface area contributed by atoms with Crippen molar-refractivity contribution < 1.29 is 4.74 Å². The average Bonchev–Trinajstić information content (AvgIpc) is 2.94. The summed E-state index contributed by atoms with van der Waals surface area (Å²) in [6.07, 6.45) is 0.981. The third kappa shape index (κ3) is 4.05. The van der Waals surface area contributed by atoms with Gasteiger partial charge in [0.15, 0.2) is 0 Å². The predicted octanol–water partition coefficient (Wildman–Crippen LogP) is 4.09. The highest BCUT2D eigenvalue weighted by Gasteiger charge is 2.11. The van der Waals surface area contributed by atoms with Gasteiger partial charge >= 0.3 is 0 Å². The van der Waals surface area contributed by atoms with Crippen molar-refractivity contribution in [2.75, 3.05) is 20.2 Å². The van der Waals surface area contributed by atoms with Crippen molar-refractivity contribution >= 4 is 11.3 Å². The second-order valence-electron chi connectivity index (χ2n) is 5.32. The molecular weight excluding hydrogens is 280 g/mol. The average molecular weight is 304 g/mol. The summed E-state index contributed by atoms with van der Waals surface area (Å²) in [6.45, 7) is 8.08. The van der Waals surface area contributed by atoms with Crippen molar-refractivity contribution in [1.29, 1.82) is 0 Å². The number of nitrogens with zero attached hydrogens (tertiary/aromatic N) is 1. The van der Waals surface area contributed by atoms with Gasteiger partial charge in [-0.2, -0.15) is 0 Å². The summed E-state index contributed by atoms with van der Waals surface area (Å²) in [5, 5.41) is 6.48. The molecule has 0 atom stereocenters. The Morgan fingerprint density at radius 2 is 2.14 bits per heavy atom. The Labute approximate surface area is 131 Å². The van der Waals surface area contributed by atoms with Crippen LogP contribution in [0.15, 0.2) is 23.6 Å². The summed E-state index contributed by atoms with van der Waals surface area (Å²) >= 11 is 1.73. The third-order valence-electron chi connectivity index (χ3n) is 3.37. The van der Waals surface area contributed by atoms with Gasteiger partial charge in [-0.25, -0.2) is 4.98 Å². The van der Waals surface area contributed by atoms with Crippen LogP contribution in [0.5, 0.6) is 5.75 Å². The summed E-state index contributed by atoms with van der Waals surface area (Å²) < 4.78 is 5.72. The molecule has 114 valence electrons. The van der Waals surface area contributed by atoms with E-state index in [-0.39, 0.29) is 0 Å². The van der Waals surface area contributed by atoms with E-state index >= 15 is 0 Å². The van der Waals surface area contributed by atoms with E-state index in [0.29, 0.717) is 12.5 Å². The van der Waals surface area contributed by atoms with Gasteiger partial charge in [-0.15, -0.1) is 11.3 Å². The van der Waals surface area contributed by atoms with E-state index in [1.54, 1.807) is 11.3 Å². The maximum Gasteiger partial charge on any atom is 0.122 e. The van der Waals surface area contributed by atoms with E-state index in [2.05, 4.69) is 42.7 Å². The fourth-order valence-corrected chi connectivity index (χ4v) is 3.04. The van der Waals surface area contributed by atoms with Crippen LogP contribution in [0, 0.1) is 0 Å². The molecule has 0 amide bonds. The molecule has 1 heterocycles. The summed E-state index contributed by atoms with van der Waals surface area (Å²) in [5.41, 5.74) is 3.49. The minimum Gasteiger partial charge on any atom is -0.494 e. The molecule has 0 fully saturated rings. The van der Waals surface area contributed by atoms with Crippen LogP contribution >= 0.6 is 11.3 Å². The van der Waals surface area contributed by atoms with E-state index < -0.39 is 0 Å². The van der Waals surface area contributed by atoms with Crippen LogP contribution in [-0.2, 0) is 6.42 Å². The zero-order valence-corrected chi connectivity index (χ0v) is 14.1. The smallest absolute Gasteiger partial charge is 0.122 e. The molecule has 0 saturated heterocycles. The summed E-state index contributed by atoms with van der Waals surface area (Å²) in [7, 11) is 1.97. The molecule has 0 spiro atoms. The minimum atomic E-state index is 0.439. The van der Waals surface area contributed by atoms with Crippen molar-refractivity contribution in [3.63, 3.8) is 0 Å². The first-order valence-corrected chi connectivity index (χ1v) is 8.39. The van der Waals surface area contributed by atoms with Gasteiger partial charge in [0.2, 0.25) is 0 Å². The molecule has 1 N–H and O–H groups in total. The van der Waals surface area contributed by atoms with Gasteiger partial charge in [0, 0.05) is 23.9 Å². The van der Waals surface area contributed by atoms with E-state index in [0.717, 1.165) is 24.4 Å². The third-order valence-corrected chi connectivity index (χ3v) is 4.28. The number of hydrogen-bond donors (Lipinski definition) is 1. The van der Waals surface area contributed by atoms with Crippen LogP contribution in [-0.4, -0.2) is 25.2 Å². The zero-order chi connectivity index (χ0) is 15.2. The highest BCUT2D eigenvalue weighted by Crippen LogP contribution is 2.32. The zero-order valence-electron chi connectivity index (χ0n) is 13.3. The van der Waals surface area contributed by atoms with Crippen LogP contribution in [0.1, 0.15) is 37.3 Å². The number of ether oxygens (including phenoxy) is 1. The predicted molar refractivity (Wildman–Crippen MR) is 90.4 cm³/mol. The molecule has 1 aromatic heterocycles. The number of nitrogens with one attached hydrogen (secondary N) is 1. The van der Waals surface area contributed by atoms with E-state index in [1.807, 2.05) is 14.0 Å². The molecule has 2 rings (SSSR count). The topological polar surface area (TPSA) is 34.1 Å². The number of likely N-dealkylation sites (N-methyl/N-ethyl adjacent to an activating group) is 1. The van der Waals surface area contributed by atoms with Crippen LogP contribution in [0.25, 0.3) is 11.3 Å². The quantitative estimate of drug-likeness (QED) is 0.836. The lowest BCUT2D eigenvalue weighted by atomic mass is 9.98. The Kier molecular flexibility index (Phi) is 5.76. The first kappa shape index (κ1) is 16.0. The van der Waals surface area contributed by atoms with Crippen molar-refractivity contribution in [2.45, 2.75) is 33.1 Å². The number of thiazole rings is 1. The van der Waals surface area contributed by atoms with E-state index in [9.17, 15) is 0 Å². The van der Waals surface area contributed by atoms with Crippen molar-refractivity contribution in [1.82, 2.24) is 10.3 Å². The highest BCUT2D eigenvalue weighted by atomic mass is 32.1. The Morgan fingerprint density at radius 3 is 2.81 bits per heavy atom. The fourth-order valence-electron chi connectivity index (χ4n) is 2.24. The summed E-state index contributed by atoms with van der Waals surface area (Å²) in [6, 6.07) is 6.39. The van der Waals surface area contributed by atoms with Crippen LogP contribution < -0.4 is 10.1 Å². The van der Waals surface area contributed by atoms with Gasteiger partial charge < -0.3 is 10.1 Å². The second-order valence-corrected chi connectivity index (χ2v) is 6.26. The Bertz CT molecular complexity index is 578. The van der Waals surface area contributed by atoms with Gasteiger partial charge in [0.1, 0.15) is 5.75 Å². The van der Waals surface area contributed by atoms with Gasteiger partial charge in [-0.3, -0.25) is 0 Å². The summed E-state index contributed by atoms with van der Waals surface area (Å²) in [4.78, 5) is 4.73. The molecule has 1 aromatic carbocycles. The second kappa shape index (κ2) is 7.57. The van der Waals surface area contributed by atoms with Crippen LogP contribution in [0.3, 0.4) is 0 Å². The molecule has 0 aliphatic rings. The molecule has 0 saturated carbocycles. The van der Waals surface area contributed by atoms with Gasteiger partial charge in [0.05, 0.1) is 17.3 Å². The van der Waals surface area contributed by atoms with Gasteiger partial charge in [-0.1, -0.05) is 13.8 Å². The minimum absolute atomic E-state index is 0.439. The highest BCUT2D eigenvalue weighted by molar-refractivity contribution is 7.09. The lowest BCUT2D eigenvalue weighted by Gasteiger charge is -2.14. The van der Waals surface area contributed by atoms with Crippen molar-refractivity contribution in [3.8, 4) is 17.0 Å². The Morgan fingerprint density at radius 1 is 1.33 bits per heavy atom. The molecular formula is C17H24N2OS. The maximum atomic E-state index is 5.72. The molecule has 0 aliphatic heterocycles. The van der Waals surface area contributed by atoms with E-state index in [1.165, 1.54) is 16.1 Å². The molecule has 0 radical (unpaired) electrons. The molecule has 0 unspecified atom stereocenters. The molecule has 4 heteroatoms. The van der Waals surface area contributed by atoms with Gasteiger partial charge in [-0.05, 0) is 43.7 Å². The number of rotatable bonds is 7.